The van der Waals surface area contributed by atoms with Gasteiger partial charge in [0.05, 0.1) is 11.5 Å². The molecule has 3 N–H and O–H groups in total. The van der Waals surface area contributed by atoms with Crippen LogP contribution in [0.4, 0.5) is 0 Å². The van der Waals surface area contributed by atoms with Crippen molar-refractivity contribution in [2.75, 3.05) is 24.7 Å². The predicted molar refractivity (Wildman–Crippen MR) is 128 cm³/mol. The summed E-state index contributed by atoms with van der Waals surface area (Å²) in [6.07, 6.45) is 1.11. The fourth-order valence-electron chi connectivity index (χ4n) is 4.63. The van der Waals surface area contributed by atoms with Crippen LogP contribution in [0, 0.1) is 0 Å². The van der Waals surface area contributed by atoms with Crippen LogP contribution in [0.3, 0.4) is 0 Å². The summed E-state index contributed by atoms with van der Waals surface area (Å²) in [5, 5.41) is 15.8. The van der Waals surface area contributed by atoms with Crippen LogP contribution in [0.2, 0.25) is 0 Å². The first-order valence-electron chi connectivity index (χ1n) is 11.2. The van der Waals surface area contributed by atoms with Crippen molar-refractivity contribution in [3.63, 3.8) is 0 Å². The maximum absolute atomic E-state index is 13.7. The minimum Gasteiger partial charge on any atom is -0.480 e. The van der Waals surface area contributed by atoms with E-state index in [9.17, 15) is 19.5 Å². The molecule has 2 saturated heterocycles. The molecule has 2 aromatic carbocycles. The van der Waals surface area contributed by atoms with E-state index in [1.165, 1.54) is 0 Å². The Morgan fingerprint density at radius 2 is 1.70 bits per heavy atom. The molecule has 0 aliphatic carbocycles. The first-order valence-corrected chi connectivity index (χ1v) is 12.4. The summed E-state index contributed by atoms with van der Waals surface area (Å²) in [5.41, 5.74) is 0.828. The van der Waals surface area contributed by atoms with Gasteiger partial charge in [-0.3, -0.25) is 14.9 Å². The molecule has 4 rings (SSSR count). The first kappa shape index (κ1) is 23.3. The second-order valence-corrected chi connectivity index (χ2v) is 9.63. The van der Waals surface area contributed by atoms with Crippen molar-refractivity contribution in [3.05, 3.63) is 71.8 Å². The van der Waals surface area contributed by atoms with Gasteiger partial charge in [0.15, 0.2) is 0 Å². The lowest BCUT2D eigenvalue weighted by molar-refractivity contribution is -0.143. The lowest BCUT2D eigenvalue weighted by Gasteiger charge is -2.42. The number of carbonyl (C=O) groups is 3. The zero-order valence-electron chi connectivity index (χ0n) is 18.4. The lowest BCUT2D eigenvalue weighted by Crippen LogP contribution is -2.57. The fourth-order valence-corrected chi connectivity index (χ4v) is 5.57. The van der Waals surface area contributed by atoms with E-state index in [0.29, 0.717) is 25.9 Å². The van der Waals surface area contributed by atoms with Gasteiger partial charge in [0, 0.05) is 31.1 Å². The van der Waals surface area contributed by atoms with Gasteiger partial charge in [-0.15, -0.1) is 11.8 Å². The van der Waals surface area contributed by atoms with E-state index in [1.54, 1.807) is 11.8 Å². The van der Waals surface area contributed by atoms with Crippen molar-refractivity contribution >= 4 is 29.5 Å². The van der Waals surface area contributed by atoms with Crippen molar-refractivity contribution in [3.8, 4) is 0 Å². The van der Waals surface area contributed by atoms with Crippen LogP contribution in [0.25, 0.3) is 0 Å². The highest BCUT2D eigenvalue weighted by Gasteiger charge is 2.45. The van der Waals surface area contributed by atoms with Crippen molar-refractivity contribution in [1.29, 1.82) is 0 Å². The molecule has 2 amide bonds. The summed E-state index contributed by atoms with van der Waals surface area (Å²) in [6.45, 7) is 0.917. The Morgan fingerprint density at radius 1 is 1.06 bits per heavy atom. The summed E-state index contributed by atoms with van der Waals surface area (Å²) >= 11 is 1.71. The van der Waals surface area contributed by atoms with Crippen molar-refractivity contribution in [2.45, 2.75) is 36.8 Å². The number of likely N-dealkylation sites (tertiary alicyclic amines) is 1. The zero-order valence-corrected chi connectivity index (χ0v) is 19.2. The molecule has 0 unspecified atom stereocenters. The Hall–Kier alpha value is -2.84. The second-order valence-electron chi connectivity index (χ2n) is 8.60. The molecule has 33 heavy (non-hydrogen) atoms. The van der Waals surface area contributed by atoms with Crippen molar-refractivity contribution in [1.82, 2.24) is 15.5 Å². The Balaban J connectivity index is 1.52. The van der Waals surface area contributed by atoms with E-state index < -0.39 is 17.4 Å². The van der Waals surface area contributed by atoms with E-state index in [4.69, 9.17) is 0 Å². The number of carboxylic acid groups (broad SMARTS) is 1. The van der Waals surface area contributed by atoms with Gasteiger partial charge < -0.3 is 15.3 Å². The van der Waals surface area contributed by atoms with Crippen LogP contribution in [0.1, 0.15) is 24.0 Å². The molecular weight excluding hydrogens is 438 g/mol. The van der Waals surface area contributed by atoms with E-state index >= 15 is 0 Å². The SMILES string of the molecule is O=C(O)[C@H](Cc1ccccc1)NC(=O)C1(c2ccccc2)CCN(C(=O)[C@H]2CSCN2)CC1. The summed E-state index contributed by atoms with van der Waals surface area (Å²) in [5.74, 6) is 0.263. The minimum atomic E-state index is -1.06. The topological polar surface area (TPSA) is 98.7 Å². The molecule has 7 nitrogen and oxygen atoms in total. The molecule has 2 atom stereocenters. The number of hydrogen-bond acceptors (Lipinski definition) is 5. The Kier molecular flexibility index (Phi) is 7.35. The molecule has 174 valence electrons. The number of carbonyl (C=O) groups excluding carboxylic acids is 2. The smallest absolute Gasteiger partial charge is 0.326 e. The molecular formula is C25H29N3O4S. The number of rotatable bonds is 7. The van der Waals surface area contributed by atoms with Gasteiger partial charge in [0.1, 0.15) is 6.04 Å². The number of thioether (sulfide) groups is 1. The molecule has 2 aliphatic rings. The zero-order chi connectivity index (χ0) is 23.3. The third kappa shape index (κ3) is 5.23. The van der Waals surface area contributed by atoms with Crippen LogP contribution in [-0.4, -0.2) is 64.6 Å². The van der Waals surface area contributed by atoms with Gasteiger partial charge in [-0.1, -0.05) is 60.7 Å². The third-order valence-electron chi connectivity index (χ3n) is 6.59. The third-order valence-corrected chi connectivity index (χ3v) is 7.53. The molecule has 2 heterocycles. The number of piperidine rings is 1. The number of amides is 2. The van der Waals surface area contributed by atoms with Gasteiger partial charge in [0.25, 0.3) is 0 Å². The summed E-state index contributed by atoms with van der Waals surface area (Å²) in [4.78, 5) is 40.3. The average molecular weight is 468 g/mol. The minimum absolute atomic E-state index is 0.0783. The number of nitrogens with zero attached hydrogens (tertiary/aromatic N) is 1. The summed E-state index contributed by atoms with van der Waals surface area (Å²) < 4.78 is 0. The molecule has 8 heteroatoms. The number of aliphatic carboxylic acids is 1. The summed E-state index contributed by atoms with van der Waals surface area (Å²) in [6, 6.07) is 17.6. The summed E-state index contributed by atoms with van der Waals surface area (Å²) in [7, 11) is 0. The van der Waals surface area contributed by atoms with E-state index in [-0.39, 0.29) is 24.3 Å². The van der Waals surface area contributed by atoms with Crippen LogP contribution >= 0.6 is 11.8 Å². The number of carboxylic acids is 1. The number of nitrogens with one attached hydrogen (secondary N) is 2. The Morgan fingerprint density at radius 3 is 2.27 bits per heavy atom. The average Bonchev–Trinajstić information content (AvgIpc) is 3.39. The van der Waals surface area contributed by atoms with E-state index in [1.807, 2.05) is 65.6 Å². The maximum Gasteiger partial charge on any atom is 0.326 e. The standard InChI is InChI=1S/C25H29N3O4S/c29-22(21-16-33-17-26-21)28-13-11-25(12-14-28,19-9-5-2-6-10-19)24(32)27-20(23(30)31)15-18-7-3-1-4-8-18/h1-10,20-21,26H,11-17H2,(H,27,32)(H,30,31)/t20-,21+/m0/s1. The molecule has 0 saturated carbocycles. The normalized spacial score (nSPS) is 20.7. The van der Waals surface area contributed by atoms with Gasteiger partial charge in [0.2, 0.25) is 11.8 Å². The van der Waals surface area contributed by atoms with Gasteiger partial charge in [-0.2, -0.15) is 0 Å². The molecule has 0 spiro atoms. The van der Waals surface area contributed by atoms with Crippen LogP contribution in [-0.2, 0) is 26.2 Å². The number of benzene rings is 2. The van der Waals surface area contributed by atoms with Crippen LogP contribution in [0.5, 0.6) is 0 Å². The highest BCUT2D eigenvalue weighted by atomic mass is 32.2. The molecule has 2 aliphatic heterocycles. The van der Waals surface area contributed by atoms with Crippen LogP contribution < -0.4 is 10.6 Å². The van der Waals surface area contributed by atoms with Crippen molar-refractivity contribution in [2.24, 2.45) is 0 Å². The van der Waals surface area contributed by atoms with Gasteiger partial charge >= 0.3 is 5.97 Å². The monoisotopic (exact) mass is 467 g/mol. The van der Waals surface area contributed by atoms with Gasteiger partial charge in [-0.05, 0) is 24.0 Å². The molecule has 0 radical (unpaired) electrons. The molecule has 0 bridgehead atoms. The largest absolute Gasteiger partial charge is 0.480 e. The van der Waals surface area contributed by atoms with E-state index in [0.717, 1.165) is 22.8 Å². The Bertz CT molecular complexity index is 972. The highest BCUT2D eigenvalue weighted by Crippen LogP contribution is 2.36. The molecule has 2 aromatic rings. The highest BCUT2D eigenvalue weighted by molar-refractivity contribution is 7.99. The second kappa shape index (κ2) is 10.4. The quantitative estimate of drug-likeness (QED) is 0.576. The van der Waals surface area contributed by atoms with Crippen molar-refractivity contribution < 1.29 is 19.5 Å². The fraction of sp³-hybridized carbons (Fsp3) is 0.400. The molecule has 0 aromatic heterocycles. The van der Waals surface area contributed by atoms with Gasteiger partial charge in [-0.25, -0.2) is 4.79 Å². The molecule has 2 fully saturated rings. The predicted octanol–water partition coefficient (Wildman–Crippen LogP) is 2.02. The lowest BCUT2D eigenvalue weighted by atomic mass is 9.71. The Labute approximate surface area is 197 Å². The van der Waals surface area contributed by atoms with Crippen LogP contribution in [0.15, 0.2) is 60.7 Å². The van der Waals surface area contributed by atoms with E-state index in [2.05, 4.69) is 10.6 Å². The first-order chi connectivity index (χ1) is 16.0. The number of hydrogen-bond donors (Lipinski definition) is 3. The maximum atomic E-state index is 13.7.